The lowest BCUT2D eigenvalue weighted by atomic mass is 9.87. The third kappa shape index (κ3) is 3.72. The van der Waals surface area contributed by atoms with Gasteiger partial charge in [-0.05, 0) is 56.2 Å². The molecule has 1 atom stereocenters. The maximum atomic E-state index is 5.90. The van der Waals surface area contributed by atoms with Crippen LogP contribution >= 0.6 is 11.6 Å². The standard InChI is InChI=1S/C15H22ClN/c1-11-3-9-15(10-4-11)17-12(2)13-5-7-14(16)8-6-13/h5-8,11-12,15,17H,3-4,9-10H2,1-2H3/t11?,12-,15?/m1/s1. The molecule has 0 spiro atoms. The third-order valence-electron chi connectivity index (χ3n) is 3.87. The summed E-state index contributed by atoms with van der Waals surface area (Å²) in [4.78, 5) is 0. The van der Waals surface area contributed by atoms with E-state index in [4.69, 9.17) is 11.6 Å². The molecule has 17 heavy (non-hydrogen) atoms. The predicted octanol–water partition coefficient (Wildman–Crippen LogP) is 4.57. The van der Waals surface area contributed by atoms with Gasteiger partial charge in [0.05, 0.1) is 0 Å². The van der Waals surface area contributed by atoms with E-state index in [1.54, 1.807) is 0 Å². The van der Waals surface area contributed by atoms with Crippen LogP contribution in [0.5, 0.6) is 0 Å². The van der Waals surface area contributed by atoms with Crippen molar-refractivity contribution in [2.24, 2.45) is 5.92 Å². The highest BCUT2D eigenvalue weighted by atomic mass is 35.5. The lowest BCUT2D eigenvalue weighted by Crippen LogP contribution is -2.34. The van der Waals surface area contributed by atoms with Crippen LogP contribution in [-0.4, -0.2) is 6.04 Å². The van der Waals surface area contributed by atoms with Crippen LogP contribution in [0.25, 0.3) is 0 Å². The van der Waals surface area contributed by atoms with Crippen LogP contribution in [0.1, 0.15) is 51.1 Å². The molecule has 0 bridgehead atoms. The Morgan fingerprint density at radius 2 is 1.71 bits per heavy atom. The third-order valence-corrected chi connectivity index (χ3v) is 4.12. The average Bonchev–Trinajstić information content (AvgIpc) is 2.33. The second kappa shape index (κ2) is 5.88. The van der Waals surface area contributed by atoms with E-state index in [1.807, 2.05) is 12.1 Å². The minimum absolute atomic E-state index is 0.422. The molecule has 2 rings (SSSR count). The first-order valence-corrected chi connectivity index (χ1v) is 7.04. The van der Waals surface area contributed by atoms with E-state index in [0.29, 0.717) is 12.1 Å². The van der Waals surface area contributed by atoms with Gasteiger partial charge in [0.25, 0.3) is 0 Å². The Bertz CT molecular complexity index is 338. The second-order valence-corrected chi connectivity index (χ2v) is 5.83. The zero-order valence-electron chi connectivity index (χ0n) is 10.7. The summed E-state index contributed by atoms with van der Waals surface area (Å²) < 4.78 is 0. The Morgan fingerprint density at radius 3 is 2.29 bits per heavy atom. The summed E-state index contributed by atoms with van der Waals surface area (Å²) >= 11 is 5.90. The zero-order chi connectivity index (χ0) is 12.3. The van der Waals surface area contributed by atoms with E-state index in [9.17, 15) is 0 Å². The van der Waals surface area contributed by atoms with Crippen LogP contribution in [-0.2, 0) is 0 Å². The highest BCUT2D eigenvalue weighted by molar-refractivity contribution is 6.30. The van der Waals surface area contributed by atoms with Crippen molar-refractivity contribution in [3.63, 3.8) is 0 Å². The number of rotatable bonds is 3. The molecule has 0 unspecified atom stereocenters. The first-order valence-electron chi connectivity index (χ1n) is 6.66. The molecular formula is C15H22ClN. The van der Waals surface area contributed by atoms with Crippen LogP contribution in [0.4, 0.5) is 0 Å². The topological polar surface area (TPSA) is 12.0 Å². The van der Waals surface area contributed by atoms with Gasteiger partial charge in [-0.15, -0.1) is 0 Å². The lowest BCUT2D eigenvalue weighted by Gasteiger charge is -2.29. The van der Waals surface area contributed by atoms with Crippen molar-refractivity contribution in [2.75, 3.05) is 0 Å². The number of nitrogens with one attached hydrogen (secondary N) is 1. The van der Waals surface area contributed by atoms with E-state index < -0.39 is 0 Å². The Labute approximate surface area is 110 Å². The van der Waals surface area contributed by atoms with E-state index in [2.05, 4.69) is 31.3 Å². The van der Waals surface area contributed by atoms with E-state index in [0.717, 1.165) is 10.9 Å². The smallest absolute Gasteiger partial charge is 0.0406 e. The Kier molecular flexibility index (Phi) is 4.47. The molecule has 94 valence electrons. The van der Waals surface area contributed by atoms with Crippen LogP contribution < -0.4 is 5.32 Å². The first-order chi connectivity index (χ1) is 8.15. The van der Waals surface area contributed by atoms with E-state index in [1.165, 1.54) is 31.2 Å². The van der Waals surface area contributed by atoms with Crippen molar-refractivity contribution in [2.45, 2.75) is 51.6 Å². The minimum atomic E-state index is 0.422. The van der Waals surface area contributed by atoms with Gasteiger partial charge in [0.2, 0.25) is 0 Å². The van der Waals surface area contributed by atoms with Crippen LogP contribution in [0.3, 0.4) is 0 Å². The van der Waals surface area contributed by atoms with Gasteiger partial charge in [0.1, 0.15) is 0 Å². The summed E-state index contributed by atoms with van der Waals surface area (Å²) in [6, 6.07) is 9.29. The molecule has 0 amide bonds. The van der Waals surface area contributed by atoms with Crippen molar-refractivity contribution in [3.05, 3.63) is 34.9 Å². The SMILES string of the molecule is CC1CCC(N[C@H](C)c2ccc(Cl)cc2)CC1. The molecule has 1 aromatic carbocycles. The molecule has 1 nitrogen and oxygen atoms in total. The van der Waals surface area contributed by atoms with Crippen LogP contribution in [0, 0.1) is 5.92 Å². The number of halogens is 1. The maximum Gasteiger partial charge on any atom is 0.0406 e. The molecule has 0 saturated heterocycles. The van der Waals surface area contributed by atoms with Crippen molar-refractivity contribution in [3.8, 4) is 0 Å². The van der Waals surface area contributed by atoms with Gasteiger partial charge in [-0.25, -0.2) is 0 Å². The van der Waals surface area contributed by atoms with Gasteiger partial charge in [-0.3, -0.25) is 0 Å². The molecule has 1 fully saturated rings. The second-order valence-electron chi connectivity index (χ2n) is 5.40. The normalized spacial score (nSPS) is 26.8. The molecule has 0 heterocycles. The van der Waals surface area contributed by atoms with Gasteiger partial charge in [-0.2, -0.15) is 0 Å². The van der Waals surface area contributed by atoms with E-state index in [-0.39, 0.29) is 0 Å². The van der Waals surface area contributed by atoms with Crippen molar-refractivity contribution >= 4 is 11.6 Å². The number of hydrogen-bond donors (Lipinski definition) is 1. The summed E-state index contributed by atoms with van der Waals surface area (Å²) in [6.45, 7) is 4.60. The Morgan fingerprint density at radius 1 is 1.12 bits per heavy atom. The fraction of sp³-hybridized carbons (Fsp3) is 0.600. The fourth-order valence-electron chi connectivity index (χ4n) is 2.63. The molecular weight excluding hydrogens is 230 g/mol. The predicted molar refractivity (Wildman–Crippen MR) is 74.4 cm³/mol. The highest BCUT2D eigenvalue weighted by Gasteiger charge is 2.19. The molecule has 1 N–H and O–H groups in total. The summed E-state index contributed by atoms with van der Waals surface area (Å²) in [6.07, 6.45) is 5.37. The van der Waals surface area contributed by atoms with Crippen molar-refractivity contribution in [1.82, 2.24) is 5.32 Å². The summed E-state index contributed by atoms with van der Waals surface area (Å²) in [5.41, 5.74) is 1.33. The zero-order valence-corrected chi connectivity index (χ0v) is 11.5. The quantitative estimate of drug-likeness (QED) is 0.830. The number of benzene rings is 1. The number of hydrogen-bond acceptors (Lipinski definition) is 1. The van der Waals surface area contributed by atoms with Crippen molar-refractivity contribution in [1.29, 1.82) is 0 Å². The summed E-state index contributed by atoms with van der Waals surface area (Å²) in [5, 5.41) is 4.54. The van der Waals surface area contributed by atoms with Gasteiger partial charge >= 0.3 is 0 Å². The molecule has 0 aromatic heterocycles. The van der Waals surface area contributed by atoms with Gasteiger partial charge in [-0.1, -0.05) is 30.7 Å². The molecule has 0 aliphatic heterocycles. The summed E-state index contributed by atoms with van der Waals surface area (Å²) in [7, 11) is 0. The lowest BCUT2D eigenvalue weighted by molar-refractivity contribution is 0.292. The van der Waals surface area contributed by atoms with E-state index >= 15 is 0 Å². The highest BCUT2D eigenvalue weighted by Crippen LogP contribution is 2.25. The summed E-state index contributed by atoms with van der Waals surface area (Å²) in [5.74, 6) is 0.916. The molecule has 1 aromatic rings. The Balaban J connectivity index is 1.88. The van der Waals surface area contributed by atoms with Gasteiger partial charge in [0, 0.05) is 17.1 Å². The molecule has 0 radical (unpaired) electrons. The first kappa shape index (κ1) is 12.9. The van der Waals surface area contributed by atoms with Crippen LogP contribution in [0.15, 0.2) is 24.3 Å². The minimum Gasteiger partial charge on any atom is -0.307 e. The maximum absolute atomic E-state index is 5.90. The average molecular weight is 252 g/mol. The molecule has 1 aliphatic rings. The molecule has 2 heteroatoms. The monoisotopic (exact) mass is 251 g/mol. The molecule has 1 aliphatic carbocycles. The van der Waals surface area contributed by atoms with Crippen LogP contribution in [0.2, 0.25) is 5.02 Å². The van der Waals surface area contributed by atoms with Crippen molar-refractivity contribution < 1.29 is 0 Å². The Hall–Kier alpha value is -0.530. The molecule has 1 saturated carbocycles. The van der Waals surface area contributed by atoms with Gasteiger partial charge < -0.3 is 5.32 Å². The fourth-order valence-corrected chi connectivity index (χ4v) is 2.75. The largest absolute Gasteiger partial charge is 0.307 e. The van der Waals surface area contributed by atoms with Gasteiger partial charge in [0.15, 0.2) is 0 Å².